The summed E-state index contributed by atoms with van der Waals surface area (Å²) in [7, 11) is 0. The van der Waals surface area contributed by atoms with Gasteiger partial charge in [-0.15, -0.1) is 0 Å². The monoisotopic (exact) mass is 506 g/mol. The third kappa shape index (κ3) is 8.56. The summed E-state index contributed by atoms with van der Waals surface area (Å²) in [5.74, 6) is -1.13. The van der Waals surface area contributed by atoms with Crippen molar-refractivity contribution in [3.05, 3.63) is 94.5 Å². The van der Waals surface area contributed by atoms with Crippen molar-refractivity contribution >= 4 is 41.2 Å². The number of hydrogen-bond donors (Lipinski definition) is 3. The smallest absolute Gasteiger partial charge is 0.329 e. The van der Waals surface area contributed by atoms with E-state index in [9.17, 15) is 14.4 Å². The van der Waals surface area contributed by atoms with Crippen LogP contribution in [0.4, 0.5) is 5.69 Å². The molecule has 0 spiro atoms. The quantitative estimate of drug-likeness (QED) is 0.229. The molecule has 3 N–H and O–H groups in total. The standard InChI is InChI=1S/C27H27ClN4O4/c1-18(2)21-8-6-19(7-9-21)15-29-26(34)27(35)32-30-16-20-4-3-5-24(14-20)36-17-25(33)31-23-12-10-22(28)11-13-23/h3-14,16,18H,15,17H2,1-2H3,(H,29,34)(H,31,33)(H,32,35)/b30-16-. The summed E-state index contributed by atoms with van der Waals surface area (Å²) in [6.07, 6.45) is 1.37. The van der Waals surface area contributed by atoms with Gasteiger partial charge in [0.25, 0.3) is 5.91 Å². The number of hydrazone groups is 1. The third-order valence-electron chi connectivity index (χ3n) is 5.04. The van der Waals surface area contributed by atoms with E-state index >= 15 is 0 Å². The van der Waals surface area contributed by atoms with E-state index < -0.39 is 11.8 Å². The topological polar surface area (TPSA) is 109 Å². The number of nitrogens with zero attached hydrogens (tertiary/aromatic N) is 1. The SMILES string of the molecule is CC(C)c1ccc(CNC(=O)C(=O)N/N=C\c2cccc(OCC(=O)Nc3ccc(Cl)cc3)c2)cc1. The highest BCUT2D eigenvalue weighted by Gasteiger charge is 2.12. The summed E-state index contributed by atoms with van der Waals surface area (Å²) in [6, 6.07) is 21.4. The van der Waals surface area contributed by atoms with Gasteiger partial charge in [-0.1, -0.05) is 61.8 Å². The van der Waals surface area contributed by atoms with Crippen molar-refractivity contribution in [3.63, 3.8) is 0 Å². The molecule has 0 fully saturated rings. The Morgan fingerprint density at radius 2 is 1.69 bits per heavy atom. The Kier molecular flexibility index (Phi) is 9.59. The Labute approximate surface area is 214 Å². The van der Waals surface area contributed by atoms with Gasteiger partial charge in [0.1, 0.15) is 5.75 Å². The Morgan fingerprint density at radius 1 is 0.972 bits per heavy atom. The van der Waals surface area contributed by atoms with Crippen molar-refractivity contribution in [1.29, 1.82) is 0 Å². The highest BCUT2D eigenvalue weighted by atomic mass is 35.5. The van der Waals surface area contributed by atoms with Gasteiger partial charge in [0.2, 0.25) is 0 Å². The number of carbonyl (C=O) groups is 3. The van der Waals surface area contributed by atoms with Gasteiger partial charge in [-0.3, -0.25) is 14.4 Å². The van der Waals surface area contributed by atoms with Crippen molar-refractivity contribution in [2.24, 2.45) is 5.10 Å². The van der Waals surface area contributed by atoms with E-state index in [1.807, 2.05) is 24.3 Å². The van der Waals surface area contributed by atoms with Gasteiger partial charge in [-0.2, -0.15) is 5.10 Å². The van der Waals surface area contributed by atoms with Crippen molar-refractivity contribution in [2.75, 3.05) is 11.9 Å². The maximum Gasteiger partial charge on any atom is 0.329 e. The Morgan fingerprint density at radius 3 is 2.39 bits per heavy atom. The molecule has 0 aliphatic heterocycles. The number of nitrogens with one attached hydrogen (secondary N) is 3. The van der Waals surface area contributed by atoms with E-state index in [0.717, 1.165) is 5.56 Å². The van der Waals surface area contributed by atoms with E-state index in [0.29, 0.717) is 27.9 Å². The molecule has 0 saturated carbocycles. The Balaban J connectivity index is 1.43. The van der Waals surface area contributed by atoms with E-state index in [1.165, 1.54) is 11.8 Å². The molecule has 8 nitrogen and oxygen atoms in total. The molecule has 3 amide bonds. The molecule has 186 valence electrons. The summed E-state index contributed by atoms with van der Waals surface area (Å²) in [5.41, 5.74) is 5.51. The van der Waals surface area contributed by atoms with Crippen molar-refractivity contribution in [1.82, 2.24) is 10.7 Å². The molecule has 3 aromatic carbocycles. The first kappa shape index (κ1) is 26.4. The predicted molar refractivity (Wildman–Crippen MR) is 140 cm³/mol. The molecule has 0 atom stereocenters. The van der Waals surface area contributed by atoms with E-state index in [-0.39, 0.29) is 19.1 Å². The van der Waals surface area contributed by atoms with Gasteiger partial charge >= 0.3 is 11.8 Å². The maximum absolute atomic E-state index is 12.1. The van der Waals surface area contributed by atoms with Crippen LogP contribution in [0.25, 0.3) is 0 Å². The van der Waals surface area contributed by atoms with Crippen LogP contribution < -0.4 is 20.8 Å². The maximum atomic E-state index is 12.1. The van der Waals surface area contributed by atoms with Crippen LogP contribution in [0.3, 0.4) is 0 Å². The first-order chi connectivity index (χ1) is 17.3. The fourth-order valence-electron chi connectivity index (χ4n) is 3.06. The number of ether oxygens (including phenoxy) is 1. The summed E-state index contributed by atoms with van der Waals surface area (Å²) < 4.78 is 5.51. The molecule has 9 heteroatoms. The molecule has 0 aliphatic rings. The zero-order valence-electron chi connectivity index (χ0n) is 20.0. The molecule has 3 rings (SSSR count). The molecule has 36 heavy (non-hydrogen) atoms. The molecule has 0 saturated heterocycles. The van der Waals surface area contributed by atoms with Gasteiger partial charge in [-0.25, -0.2) is 5.43 Å². The number of halogens is 1. The number of benzene rings is 3. The van der Waals surface area contributed by atoms with E-state index in [1.54, 1.807) is 48.5 Å². The molecule has 0 radical (unpaired) electrons. The second-order valence-corrected chi connectivity index (χ2v) is 8.63. The molecule has 0 heterocycles. The largest absolute Gasteiger partial charge is 0.484 e. The molecule has 3 aromatic rings. The van der Waals surface area contributed by atoms with Crippen LogP contribution in [0.2, 0.25) is 5.02 Å². The Hall–Kier alpha value is -4.17. The van der Waals surface area contributed by atoms with Crippen LogP contribution in [-0.4, -0.2) is 30.5 Å². The van der Waals surface area contributed by atoms with Crippen molar-refractivity contribution in [2.45, 2.75) is 26.3 Å². The van der Waals surface area contributed by atoms with E-state index in [4.69, 9.17) is 16.3 Å². The summed E-state index contributed by atoms with van der Waals surface area (Å²) in [6.45, 7) is 4.25. The minimum Gasteiger partial charge on any atom is -0.484 e. The summed E-state index contributed by atoms with van der Waals surface area (Å²) in [4.78, 5) is 36.1. The van der Waals surface area contributed by atoms with Crippen LogP contribution in [0.1, 0.15) is 36.5 Å². The molecule has 0 aliphatic carbocycles. The number of anilines is 1. The van der Waals surface area contributed by atoms with Gasteiger partial charge in [-0.05, 0) is 59.0 Å². The number of rotatable bonds is 9. The van der Waals surface area contributed by atoms with Gasteiger partial charge in [0, 0.05) is 17.3 Å². The van der Waals surface area contributed by atoms with Crippen LogP contribution in [0.5, 0.6) is 5.75 Å². The molecular formula is C27H27ClN4O4. The molecular weight excluding hydrogens is 480 g/mol. The zero-order valence-corrected chi connectivity index (χ0v) is 20.7. The lowest BCUT2D eigenvalue weighted by molar-refractivity contribution is -0.139. The number of hydrogen-bond acceptors (Lipinski definition) is 5. The lowest BCUT2D eigenvalue weighted by atomic mass is 10.0. The van der Waals surface area contributed by atoms with Crippen LogP contribution >= 0.6 is 11.6 Å². The highest BCUT2D eigenvalue weighted by molar-refractivity contribution is 6.35. The fraction of sp³-hybridized carbons (Fsp3) is 0.185. The first-order valence-electron chi connectivity index (χ1n) is 11.3. The predicted octanol–water partition coefficient (Wildman–Crippen LogP) is 4.25. The van der Waals surface area contributed by atoms with Gasteiger partial charge in [0.15, 0.2) is 6.61 Å². The zero-order chi connectivity index (χ0) is 25.9. The first-order valence-corrected chi connectivity index (χ1v) is 11.7. The van der Waals surface area contributed by atoms with E-state index in [2.05, 4.69) is 35.0 Å². The molecule has 0 bridgehead atoms. The van der Waals surface area contributed by atoms with Crippen LogP contribution in [0.15, 0.2) is 77.9 Å². The second kappa shape index (κ2) is 13.1. The molecule has 0 aromatic heterocycles. The highest BCUT2D eigenvalue weighted by Crippen LogP contribution is 2.15. The lowest BCUT2D eigenvalue weighted by Crippen LogP contribution is -2.37. The van der Waals surface area contributed by atoms with Crippen LogP contribution in [0, 0.1) is 0 Å². The van der Waals surface area contributed by atoms with Gasteiger partial charge in [0.05, 0.1) is 6.21 Å². The average Bonchev–Trinajstić information content (AvgIpc) is 2.88. The minimum atomic E-state index is -0.878. The average molecular weight is 507 g/mol. The fourth-order valence-corrected chi connectivity index (χ4v) is 3.19. The Bertz CT molecular complexity index is 1230. The summed E-state index contributed by atoms with van der Waals surface area (Å²) in [5, 5.41) is 9.66. The van der Waals surface area contributed by atoms with Crippen LogP contribution in [-0.2, 0) is 20.9 Å². The van der Waals surface area contributed by atoms with Crippen molar-refractivity contribution in [3.8, 4) is 5.75 Å². The normalized spacial score (nSPS) is 10.8. The minimum absolute atomic E-state index is 0.194. The third-order valence-corrected chi connectivity index (χ3v) is 5.29. The number of carbonyl (C=O) groups excluding carboxylic acids is 3. The van der Waals surface area contributed by atoms with Crippen molar-refractivity contribution < 1.29 is 19.1 Å². The molecule has 0 unspecified atom stereocenters. The number of amides is 3. The summed E-state index contributed by atoms with van der Waals surface area (Å²) >= 11 is 5.83. The second-order valence-electron chi connectivity index (χ2n) is 8.19. The van der Waals surface area contributed by atoms with Gasteiger partial charge < -0.3 is 15.4 Å². The lowest BCUT2D eigenvalue weighted by Gasteiger charge is -2.08.